The molecule has 3 rings (SSSR count). The summed E-state index contributed by atoms with van der Waals surface area (Å²) in [4.78, 5) is 25.1. The van der Waals surface area contributed by atoms with Crippen molar-refractivity contribution in [3.05, 3.63) is 47.9 Å². The van der Waals surface area contributed by atoms with E-state index >= 15 is 0 Å². The van der Waals surface area contributed by atoms with E-state index in [4.69, 9.17) is 0 Å². The summed E-state index contributed by atoms with van der Waals surface area (Å²) in [6, 6.07) is 9.05. The molecule has 1 fully saturated rings. The lowest BCUT2D eigenvalue weighted by Crippen LogP contribution is -2.54. The van der Waals surface area contributed by atoms with Crippen molar-refractivity contribution >= 4 is 11.7 Å². The summed E-state index contributed by atoms with van der Waals surface area (Å²) in [7, 11) is 0. The van der Waals surface area contributed by atoms with Crippen LogP contribution in [0.4, 0.5) is 5.82 Å². The second-order valence-electron chi connectivity index (χ2n) is 5.80. The van der Waals surface area contributed by atoms with Gasteiger partial charge in [0.2, 0.25) is 0 Å². The van der Waals surface area contributed by atoms with Crippen molar-refractivity contribution in [3.63, 3.8) is 0 Å². The molecule has 1 unspecified atom stereocenters. The summed E-state index contributed by atoms with van der Waals surface area (Å²) in [5.41, 5.74) is 1.09. The molecule has 1 saturated heterocycles. The number of aryl methyl sites for hydroxylation is 1. The van der Waals surface area contributed by atoms with Crippen LogP contribution in [0.15, 0.2) is 36.5 Å². The second-order valence-corrected chi connectivity index (χ2v) is 5.80. The molecule has 120 valence electrons. The lowest BCUT2D eigenvalue weighted by atomic mass is 10.1. The maximum absolute atomic E-state index is 12.6. The maximum Gasteiger partial charge on any atom is 0.276 e. The summed E-state index contributed by atoms with van der Waals surface area (Å²) in [5.74, 6) is 0.629. The van der Waals surface area contributed by atoms with Crippen molar-refractivity contribution < 1.29 is 9.90 Å². The van der Waals surface area contributed by atoms with E-state index in [9.17, 15) is 9.90 Å². The first-order valence-corrected chi connectivity index (χ1v) is 7.70. The van der Waals surface area contributed by atoms with Crippen LogP contribution in [0.5, 0.6) is 5.75 Å². The Labute approximate surface area is 135 Å². The van der Waals surface area contributed by atoms with Crippen LogP contribution in [-0.4, -0.2) is 51.6 Å². The van der Waals surface area contributed by atoms with Crippen molar-refractivity contribution in [1.29, 1.82) is 0 Å². The molecule has 0 radical (unpaired) electrons. The number of piperazine rings is 1. The highest BCUT2D eigenvalue weighted by Gasteiger charge is 2.30. The number of rotatable bonds is 2. The Bertz CT molecular complexity index is 719. The van der Waals surface area contributed by atoms with Crippen molar-refractivity contribution in [2.75, 3.05) is 24.5 Å². The normalized spacial score (nSPS) is 18.1. The van der Waals surface area contributed by atoms with Crippen LogP contribution in [0.1, 0.15) is 23.1 Å². The Balaban J connectivity index is 1.74. The molecule has 3 heterocycles. The SMILES string of the molecule is Cc1cccc(N2CCN(C(=O)c3ncccc3O)C(C)C2)n1. The quantitative estimate of drug-likeness (QED) is 0.916. The van der Waals surface area contributed by atoms with Gasteiger partial charge >= 0.3 is 0 Å². The number of aromatic hydroxyl groups is 1. The van der Waals surface area contributed by atoms with E-state index in [0.717, 1.165) is 11.5 Å². The summed E-state index contributed by atoms with van der Waals surface area (Å²) in [6.07, 6.45) is 1.52. The van der Waals surface area contributed by atoms with E-state index in [1.54, 1.807) is 11.0 Å². The van der Waals surface area contributed by atoms with E-state index in [1.807, 2.05) is 32.0 Å². The molecule has 1 N–H and O–H groups in total. The number of carbonyl (C=O) groups excluding carboxylic acids is 1. The van der Waals surface area contributed by atoms with Gasteiger partial charge in [0.25, 0.3) is 5.91 Å². The Morgan fingerprint density at radius 1 is 1.26 bits per heavy atom. The molecular formula is C17H20N4O2. The molecule has 1 aliphatic heterocycles. The van der Waals surface area contributed by atoms with Crippen molar-refractivity contribution in [2.24, 2.45) is 0 Å². The highest BCUT2D eigenvalue weighted by molar-refractivity contribution is 5.95. The number of pyridine rings is 2. The fourth-order valence-electron chi connectivity index (χ4n) is 2.87. The van der Waals surface area contributed by atoms with Gasteiger partial charge in [0, 0.05) is 37.6 Å². The number of aromatic nitrogens is 2. The van der Waals surface area contributed by atoms with Gasteiger partial charge in [-0.2, -0.15) is 0 Å². The Hall–Kier alpha value is -2.63. The molecule has 0 bridgehead atoms. The average molecular weight is 312 g/mol. The Kier molecular flexibility index (Phi) is 4.14. The van der Waals surface area contributed by atoms with Crippen molar-refractivity contribution in [3.8, 4) is 5.75 Å². The molecule has 1 aliphatic rings. The predicted molar refractivity (Wildman–Crippen MR) is 87.6 cm³/mol. The Morgan fingerprint density at radius 2 is 2.09 bits per heavy atom. The van der Waals surface area contributed by atoms with Crippen LogP contribution < -0.4 is 4.90 Å². The molecule has 6 heteroatoms. The van der Waals surface area contributed by atoms with E-state index in [1.165, 1.54) is 12.3 Å². The zero-order valence-electron chi connectivity index (χ0n) is 13.3. The van der Waals surface area contributed by atoms with E-state index in [0.29, 0.717) is 19.6 Å². The number of hydrogen-bond acceptors (Lipinski definition) is 5. The summed E-state index contributed by atoms with van der Waals surface area (Å²) in [5, 5.41) is 9.83. The van der Waals surface area contributed by atoms with Crippen molar-refractivity contribution in [1.82, 2.24) is 14.9 Å². The first-order chi connectivity index (χ1) is 11.1. The largest absolute Gasteiger partial charge is 0.505 e. The molecule has 2 aromatic heterocycles. The van der Waals surface area contributed by atoms with E-state index < -0.39 is 0 Å². The van der Waals surface area contributed by atoms with Gasteiger partial charge in [-0.05, 0) is 38.1 Å². The standard InChI is InChI=1S/C17H20N4O2/c1-12-5-3-7-15(19-12)20-9-10-21(13(2)11-20)17(23)16-14(22)6-4-8-18-16/h3-8,13,22H,9-11H2,1-2H3. The van der Waals surface area contributed by atoms with Gasteiger partial charge in [0.05, 0.1) is 0 Å². The Morgan fingerprint density at radius 3 is 2.78 bits per heavy atom. The van der Waals surface area contributed by atoms with Crippen molar-refractivity contribution in [2.45, 2.75) is 19.9 Å². The van der Waals surface area contributed by atoms with Crippen LogP contribution in [0.3, 0.4) is 0 Å². The van der Waals surface area contributed by atoms with Crippen LogP contribution in [-0.2, 0) is 0 Å². The highest BCUT2D eigenvalue weighted by atomic mass is 16.3. The average Bonchev–Trinajstić information content (AvgIpc) is 2.54. The fourth-order valence-corrected chi connectivity index (χ4v) is 2.87. The lowest BCUT2D eigenvalue weighted by Gasteiger charge is -2.40. The highest BCUT2D eigenvalue weighted by Crippen LogP contribution is 2.21. The third-order valence-corrected chi connectivity index (χ3v) is 4.07. The smallest absolute Gasteiger partial charge is 0.276 e. The van der Waals surface area contributed by atoms with Gasteiger partial charge in [-0.25, -0.2) is 9.97 Å². The van der Waals surface area contributed by atoms with Gasteiger partial charge in [0.1, 0.15) is 11.6 Å². The lowest BCUT2D eigenvalue weighted by molar-refractivity contribution is 0.0664. The predicted octanol–water partition coefficient (Wildman–Crippen LogP) is 1.84. The molecule has 6 nitrogen and oxygen atoms in total. The van der Waals surface area contributed by atoms with Gasteiger partial charge in [-0.3, -0.25) is 4.79 Å². The van der Waals surface area contributed by atoms with Crippen LogP contribution in [0.25, 0.3) is 0 Å². The number of amides is 1. The summed E-state index contributed by atoms with van der Waals surface area (Å²) in [6.45, 7) is 5.96. The monoisotopic (exact) mass is 312 g/mol. The minimum atomic E-state index is -0.229. The topological polar surface area (TPSA) is 69.6 Å². The number of hydrogen-bond donors (Lipinski definition) is 1. The summed E-state index contributed by atoms with van der Waals surface area (Å²) < 4.78 is 0. The molecule has 1 atom stereocenters. The number of carbonyl (C=O) groups is 1. The minimum Gasteiger partial charge on any atom is -0.505 e. The minimum absolute atomic E-state index is 0.0139. The van der Waals surface area contributed by atoms with Crippen LogP contribution in [0.2, 0.25) is 0 Å². The third-order valence-electron chi connectivity index (χ3n) is 4.07. The second kappa shape index (κ2) is 6.24. The van der Waals surface area contributed by atoms with Gasteiger partial charge in [-0.1, -0.05) is 6.07 Å². The molecule has 0 saturated carbocycles. The molecule has 0 spiro atoms. The fraction of sp³-hybridized carbons (Fsp3) is 0.353. The van der Waals surface area contributed by atoms with Crippen LogP contribution in [0, 0.1) is 6.92 Å². The molecular weight excluding hydrogens is 292 g/mol. The maximum atomic E-state index is 12.6. The number of anilines is 1. The molecule has 1 amide bonds. The molecule has 2 aromatic rings. The molecule has 0 aliphatic carbocycles. The molecule has 0 aromatic carbocycles. The number of nitrogens with zero attached hydrogens (tertiary/aromatic N) is 4. The zero-order chi connectivity index (χ0) is 16.4. The first kappa shape index (κ1) is 15.3. The van der Waals surface area contributed by atoms with Gasteiger partial charge < -0.3 is 14.9 Å². The van der Waals surface area contributed by atoms with Crippen LogP contribution >= 0.6 is 0 Å². The van der Waals surface area contributed by atoms with E-state index in [2.05, 4.69) is 14.9 Å². The zero-order valence-corrected chi connectivity index (χ0v) is 13.3. The third kappa shape index (κ3) is 3.11. The molecule has 23 heavy (non-hydrogen) atoms. The van der Waals surface area contributed by atoms with Gasteiger partial charge in [-0.15, -0.1) is 0 Å². The first-order valence-electron chi connectivity index (χ1n) is 7.70. The van der Waals surface area contributed by atoms with Gasteiger partial charge in [0.15, 0.2) is 5.69 Å². The summed E-state index contributed by atoms with van der Waals surface area (Å²) >= 11 is 0. The van der Waals surface area contributed by atoms with E-state index in [-0.39, 0.29) is 23.4 Å².